The zero-order chi connectivity index (χ0) is 22.9. The van der Waals surface area contributed by atoms with Crippen LogP contribution >= 0.6 is 31.9 Å². The molecule has 2 N–H and O–H groups in total. The second-order valence-corrected chi connectivity index (χ2v) is 9.95. The van der Waals surface area contributed by atoms with Gasteiger partial charge < -0.3 is 15.3 Å². The highest BCUT2D eigenvalue weighted by molar-refractivity contribution is 9.09. The van der Waals surface area contributed by atoms with Crippen molar-refractivity contribution in [2.75, 3.05) is 40.9 Å². The number of carboxylic acid groups (broad SMARTS) is 1. The molecule has 13 heteroatoms. The normalized spacial score (nSPS) is 11.2. The summed E-state index contributed by atoms with van der Waals surface area (Å²) in [4.78, 5) is 35.5. The lowest BCUT2D eigenvalue weighted by atomic mass is 10.1. The molecule has 1 aromatic rings. The molecule has 1 aromatic carbocycles. The highest BCUT2D eigenvalue weighted by atomic mass is 79.9. The molecule has 0 saturated heterocycles. The van der Waals surface area contributed by atoms with Crippen molar-refractivity contribution in [1.29, 1.82) is 0 Å². The molecule has 0 aliphatic rings. The van der Waals surface area contributed by atoms with Crippen molar-refractivity contribution < 1.29 is 28.0 Å². The summed E-state index contributed by atoms with van der Waals surface area (Å²) in [6.07, 6.45) is -0.00505. The first-order chi connectivity index (χ1) is 14.1. The number of amides is 1. The molecule has 0 fully saturated rings. The topological polar surface area (TPSA) is 147 Å². The lowest BCUT2D eigenvalue weighted by molar-refractivity contribution is -0.385. The molecule has 0 radical (unpaired) electrons. The maximum atomic E-state index is 12.6. The molecule has 0 heterocycles. The number of benzene rings is 1. The van der Waals surface area contributed by atoms with Crippen LogP contribution in [0.4, 0.5) is 11.4 Å². The average molecular weight is 573 g/mol. The molecular formula is C17H23Br2N3O7S. The van der Waals surface area contributed by atoms with Crippen molar-refractivity contribution >= 4 is 64.9 Å². The number of anilines is 1. The van der Waals surface area contributed by atoms with E-state index < -0.39 is 32.3 Å². The number of sulfone groups is 1. The second-order valence-electron chi connectivity index (χ2n) is 6.12. The number of hydrogen-bond donors (Lipinski definition) is 2. The van der Waals surface area contributed by atoms with Crippen LogP contribution in [0.5, 0.6) is 0 Å². The van der Waals surface area contributed by atoms with E-state index in [1.165, 1.54) is 13.0 Å². The van der Waals surface area contributed by atoms with Crippen molar-refractivity contribution in [3.05, 3.63) is 27.8 Å². The molecule has 168 valence electrons. The van der Waals surface area contributed by atoms with E-state index in [0.29, 0.717) is 23.7 Å². The molecule has 0 aliphatic carbocycles. The molecule has 0 aromatic heterocycles. The Kier molecular flexibility index (Phi) is 10.7. The van der Waals surface area contributed by atoms with Crippen molar-refractivity contribution in [3.63, 3.8) is 0 Å². The van der Waals surface area contributed by atoms with Gasteiger partial charge in [-0.25, -0.2) is 8.42 Å². The van der Waals surface area contributed by atoms with Gasteiger partial charge in [0.25, 0.3) is 11.6 Å². The minimum Gasteiger partial charge on any atom is -0.481 e. The Morgan fingerprint density at radius 3 is 2.30 bits per heavy atom. The van der Waals surface area contributed by atoms with Gasteiger partial charge in [0, 0.05) is 42.8 Å². The number of alkyl halides is 2. The molecule has 10 nitrogen and oxygen atoms in total. The molecular weight excluding hydrogens is 550 g/mol. The third kappa shape index (κ3) is 7.20. The minimum atomic E-state index is -3.81. The van der Waals surface area contributed by atoms with E-state index in [2.05, 4.69) is 37.2 Å². The van der Waals surface area contributed by atoms with Crippen molar-refractivity contribution in [2.24, 2.45) is 0 Å². The van der Waals surface area contributed by atoms with Gasteiger partial charge in [0.2, 0.25) is 0 Å². The van der Waals surface area contributed by atoms with E-state index in [0.717, 1.165) is 6.07 Å². The minimum absolute atomic E-state index is 0.0130. The maximum absolute atomic E-state index is 12.6. The van der Waals surface area contributed by atoms with Gasteiger partial charge in [-0.05, 0) is 12.5 Å². The van der Waals surface area contributed by atoms with Crippen LogP contribution < -0.4 is 10.2 Å². The number of carbonyl (C=O) groups excluding carboxylic acids is 1. The SMILES string of the molecule is CCS(=O)(=O)c1cc([N+](=O)[O-])c(C(=O)NCCCC(=O)O)cc1N(CCBr)CCBr. The molecule has 1 amide bonds. The molecule has 0 atom stereocenters. The Balaban J connectivity index is 3.53. The summed E-state index contributed by atoms with van der Waals surface area (Å²) in [7, 11) is -3.81. The summed E-state index contributed by atoms with van der Waals surface area (Å²) < 4.78 is 25.3. The average Bonchev–Trinajstić information content (AvgIpc) is 2.69. The van der Waals surface area contributed by atoms with Crippen LogP contribution in [0, 0.1) is 10.1 Å². The van der Waals surface area contributed by atoms with Crippen molar-refractivity contribution in [2.45, 2.75) is 24.7 Å². The van der Waals surface area contributed by atoms with Crippen LogP contribution in [0.15, 0.2) is 17.0 Å². The van der Waals surface area contributed by atoms with Gasteiger partial charge in [0.15, 0.2) is 9.84 Å². The quantitative estimate of drug-likeness (QED) is 0.159. The monoisotopic (exact) mass is 571 g/mol. The van der Waals surface area contributed by atoms with Crippen LogP contribution in [0.2, 0.25) is 0 Å². The number of carbonyl (C=O) groups is 2. The molecule has 0 saturated carbocycles. The number of nitro benzene ring substituents is 1. The number of nitrogens with one attached hydrogen (secondary N) is 1. The fourth-order valence-corrected chi connectivity index (χ4v) is 4.60. The highest BCUT2D eigenvalue weighted by Crippen LogP contribution is 2.34. The number of nitrogens with zero attached hydrogens (tertiary/aromatic N) is 2. The third-order valence-electron chi connectivity index (χ3n) is 4.14. The third-order valence-corrected chi connectivity index (χ3v) is 6.60. The van der Waals surface area contributed by atoms with Gasteiger partial charge in [0.05, 0.1) is 21.3 Å². The fourth-order valence-electron chi connectivity index (χ4n) is 2.64. The number of rotatable bonds is 13. The molecule has 0 bridgehead atoms. The predicted molar refractivity (Wildman–Crippen MR) is 120 cm³/mol. The summed E-state index contributed by atoms with van der Waals surface area (Å²) in [5, 5.41) is 23.7. The summed E-state index contributed by atoms with van der Waals surface area (Å²) in [6.45, 7) is 2.27. The Bertz CT molecular complexity index is 888. The summed E-state index contributed by atoms with van der Waals surface area (Å²) in [5.41, 5.74) is -0.703. The van der Waals surface area contributed by atoms with Crippen molar-refractivity contribution in [3.8, 4) is 0 Å². The second kappa shape index (κ2) is 12.2. The lowest BCUT2D eigenvalue weighted by Crippen LogP contribution is -2.31. The number of nitro groups is 1. The zero-order valence-electron chi connectivity index (χ0n) is 16.3. The maximum Gasteiger partial charge on any atom is 0.303 e. The van der Waals surface area contributed by atoms with E-state index in [-0.39, 0.29) is 41.3 Å². The molecule has 0 spiro atoms. The lowest BCUT2D eigenvalue weighted by Gasteiger charge is -2.26. The Hall–Kier alpha value is -1.73. The van der Waals surface area contributed by atoms with Crippen LogP contribution in [0.3, 0.4) is 0 Å². The summed E-state index contributed by atoms with van der Waals surface area (Å²) in [6, 6.07) is 2.15. The predicted octanol–water partition coefficient (Wildman–Crippen LogP) is 2.58. The largest absolute Gasteiger partial charge is 0.481 e. The van der Waals surface area contributed by atoms with Crippen LogP contribution in [-0.4, -0.2) is 66.4 Å². The van der Waals surface area contributed by atoms with Gasteiger partial charge in [-0.15, -0.1) is 0 Å². The molecule has 30 heavy (non-hydrogen) atoms. The molecule has 0 unspecified atom stereocenters. The first-order valence-corrected chi connectivity index (χ1v) is 12.9. The van der Waals surface area contributed by atoms with E-state index in [9.17, 15) is 28.1 Å². The number of halogens is 2. The molecule has 1 rings (SSSR count). The van der Waals surface area contributed by atoms with Crippen LogP contribution in [0.1, 0.15) is 30.1 Å². The van der Waals surface area contributed by atoms with Gasteiger partial charge in [0.1, 0.15) is 5.56 Å². The van der Waals surface area contributed by atoms with Crippen LogP contribution in [0.25, 0.3) is 0 Å². The van der Waals surface area contributed by atoms with Crippen LogP contribution in [-0.2, 0) is 14.6 Å². The first kappa shape index (κ1) is 26.3. The Morgan fingerprint density at radius 2 is 1.83 bits per heavy atom. The number of carboxylic acids is 1. The van der Waals surface area contributed by atoms with Gasteiger partial charge in [-0.1, -0.05) is 38.8 Å². The smallest absolute Gasteiger partial charge is 0.303 e. The van der Waals surface area contributed by atoms with Gasteiger partial charge in [-0.3, -0.25) is 19.7 Å². The first-order valence-electron chi connectivity index (χ1n) is 9.01. The summed E-state index contributed by atoms with van der Waals surface area (Å²) in [5.74, 6) is -2.05. The highest BCUT2D eigenvalue weighted by Gasteiger charge is 2.29. The summed E-state index contributed by atoms with van der Waals surface area (Å²) >= 11 is 6.61. The zero-order valence-corrected chi connectivity index (χ0v) is 20.3. The Labute approximate surface area is 191 Å². The van der Waals surface area contributed by atoms with Gasteiger partial charge >= 0.3 is 5.97 Å². The number of aliphatic carboxylic acids is 1. The fraction of sp³-hybridized carbons (Fsp3) is 0.529. The van der Waals surface area contributed by atoms with E-state index >= 15 is 0 Å². The standard InChI is InChI=1S/C17H23Br2N3O7S/c1-2-30(28,29)15-11-13(22(26)27)12(17(25)20-7-3-4-16(23)24)10-14(15)21(8-5-18)9-6-19/h10-11H,2-9H2,1H3,(H,20,25)(H,23,24). The van der Waals surface area contributed by atoms with E-state index in [1.54, 1.807) is 4.90 Å². The van der Waals surface area contributed by atoms with Crippen molar-refractivity contribution in [1.82, 2.24) is 5.32 Å². The molecule has 0 aliphatic heterocycles. The number of hydrogen-bond acceptors (Lipinski definition) is 7. The van der Waals surface area contributed by atoms with E-state index in [1.807, 2.05) is 0 Å². The Morgan fingerprint density at radius 1 is 1.23 bits per heavy atom. The van der Waals surface area contributed by atoms with Gasteiger partial charge in [-0.2, -0.15) is 0 Å². The van der Waals surface area contributed by atoms with E-state index in [4.69, 9.17) is 5.11 Å².